The molecule has 1 amide bonds. The number of hydrogen-bond acceptors (Lipinski definition) is 3. The second-order valence-electron chi connectivity index (χ2n) is 6.41. The number of anilines is 1. The van der Waals surface area contributed by atoms with Crippen molar-refractivity contribution in [3.8, 4) is 5.75 Å². The summed E-state index contributed by atoms with van der Waals surface area (Å²) in [5, 5.41) is 12.9. The Kier molecular flexibility index (Phi) is 4.33. The Hall–Kier alpha value is -2.36. The first kappa shape index (κ1) is 15.5. The summed E-state index contributed by atoms with van der Waals surface area (Å²) in [5.41, 5.74) is 3.58. The lowest BCUT2D eigenvalue weighted by Crippen LogP contribution is -2.24. The molecule has 0 spiro atoms. The zero-order valence-corrected chi connectivity index (χ0v) is 13.5. The number of benzene rings is 1. The molecular weight excluding hydrogens is 288 g/mol. The Labute approximate surface area is 136 Å². The lowest BCUT2D eigenvalue weighted by Gasteiger charge is -2.25. The third kappa shape index (κ3) is 3.21. The first-order valence-electron chi connectivity index (χ1n) is 8.14. The predicted octanol–water partition coefficient (Wildman–Crippen LogP) is 3.97. The Morgan fingerprint density at radius 3 is 2.83 bits per heavy atom. The maximum atomic E-state index is 12.6. The van der Waals surface area contributed by atoms with Crippen molar-refractivity contribution in [2.24, 2.45) is 0 Å². The highest BCUT2D eigenvalue weighted by Gasteiger charge is 2.28. The first-order chi connectivity index (χ1) is 11.1. The number of carbonyl (C=O) groups is 1. The Morgan fingerprint density at radius 2 is 2.13 bits per heavy atom. The molecule has 1 aliphatic carbocycles. The topological polar surface area (TPSA) is 62.2 Å². The first-order valence-corrected chi connectivity index (χ1v) is 8.14. The number of aromatic nitrogens is 1. The number of nitrogens with one attached hydrogen (secondary N) is 1. The molecular formula is C19H22N2O2. The van der Waals surface area contributed by atoms with Crippen LogP contribution in [-0.4, -0.2) is 16.0 Å². The molecule has 0 saturated carbocycles. The van der Waals surface area contributed by atoms with Crippen molar-refractivity contribution in [3.63, 3.8) is 0 Å². The van der Waals surface area contributed by atoms with Crippen LogP contribution in [0.4, 0.5) is 5.69 Å². The summed E-state index contributed by atoms with van der Waals surface area (Å²) in [6, 6.07) is 9.28. The van der Waals surface area contributed by atoms with E-state index in [1.165, 1.54) is 0 Å². The van der Waals surface area contributed by atoms with Crippen LogP contribution >= 0.6 is 0 Å². The van der Waals surface area contributed by atoms with E-state index >= 15 is 0 Å². The van der Waals surface area contributed by atoms with Gasteiger partial charge in [-0.25, -0.2) is 0 Å². The fraction of sp³-hybridized carbons (Fsp3) is 0.368. The van der Waals surface area contributed by atoms with E-state index in [0.717, 1.165) is 36.1 Å². The minimum atomic E-state index is -0.212. The van der Waals surface area contributed by atoms with Gasteiger partial charge in [0.1, 0.15) is 5.75 Å². The molecule has 3 rings (SSSR count). The molecule has 1 aliphatic rings. The van der Waals surface area contributed by atoms with Gasteiger partial charge >= 0.3 is 0 Å². The van der Waals surface area contributed by atoms with E-state index < -0.39 is 0 Å². The molecule has 0 radical (unpaired) electrons. The van der Waals surface area contributed by atoms with Gasteiger partial charge in [0.05, 0.1) is 17.8 Å². The van der Waals surface area contributed by atoms with E-state index in [1.807, 2.05) is 18.2 Å². The van der Waals surface area contributed by atoms with Gasteiger partial charge in [0.2, 0.25) is 5.91 Å². The van der Waals surface area contributed by atoms with Crippen LogP contribution in [0.1, 0.15) is 55.3 Å². The van der Waals surface area contributed by atoms with Crippen molar-refractivity contribution < 1.29 is 9.90 Å². The van der Waals surface area contributed by atoms with Gasteiger partial charge in [-0.2, -0.15) is 0 Å². The largest absolute Gasteiger partial charge is 0.508 e. The molecule has 1 atom stereocenters. The third-order valence-electron chi connectivity index (χ3n) is 4.44. The van der Waals surface area contributed by atoms with Crippen LogP contribution in [0.3, 0.4) is 0 Å². The Bertz CT molecular complexity index is 708. The molecule has 1 unspecified atom stereocenters. The van der Waals surface area contributed by atoms with Gasteiger partial charge in [-0.15, -0.1) is 0 Å². The van der Waals surface area contributed by atoms with Crippen LogP contribution in [0.25, 0.3) is 0 Å². The Balaban J connectivity index is 1.78. The standard InChI is InChI=1S/C19H22N2O2/c1-12(2)17-10-9-13(11-20-17)21-19(23)16-7-3-6-15-14(16)5-4-8-18(15)22/h4-5,8-12,16,22H,3,6-7H2,1-2H3,(H,21,23). The average molecular weight is 310 g/mol. The number of rotatable bonds is 3. The number of aromatic hydroxyl groups is 1. The molecule has 120 valence electrons. The van der Waals surface area contributed by atoms with Crippen molar-refractivity contribution in [2.45, 2.75) is 44.9 Å². The van der Waals surface area contributed by atoms with Crippen molar-refractivity contribution in [1.29, 1.82) is 0 Å². The smallest absolute Gasteiger partial charge is 0.231 e. The number of fused-ring (bicyclic) bond motifs is 1. The van der Waals surface area contributed by atoms with E-state index in [2.05, 4.69) is 24.1 Å². The van der Waals surface area contributed by atoms with E-state index in [0.29, 0.717) is 17.4 Å². The van der Waals surface area contributed by atoms with Gasteiger partial charge < -0.3 is 10.4 Å². The number of phenolic OH excluding ortho intramolecular Hbond substituents is 1. The molecule has 1 aromatic carbocycles. The van der Waals surface area contributed by atoms with E-state index in [1.54, 1.807) is 18.3 Å². The number of hydrogen-bond donors (Lipinski definition) is 2. The van der Waals surface area contributed by atoms with Crippen molar-refractivity contribution >= 4 is 11.6 Å². The maximum absolute atomic E-state index is 12.6. The number of nitrogens with zero attached hydrogens (tertiary/aromatic N) is 1. The molecule has 4 nitrogen and oxygen atoms in total. The third-order valence-corrected chi connectivity index (χ3v) is 4.44. The van der Waals surface area contributed by atoms with Crippen LogP contribution in [0, 0.1) is 0 Å². The average Bonchev–Trinajstić information content (AvgIpc) is 2.55. The molecule has 23 heavy (non-hydrogen) atoms. The molecule has 1 aromatic heterocycles. The summed E-state index contributed by atoms with van der Waals surface area (Å²) in [5.74, 6) is 0.419. The number of pyridine rings is 1. The normalized spacial score (nSPS) is 16.9. The van der Waals surface area contributed by atoms with Gasteiger partial charge in [-0.1, -0.05) is 26.0 Å². The van der Waals surface area contributed by atoms with Crippen molar-refractivity contribution in [2.75, 3.05) is 5.32 Å². The summed E-state index contributed by atoms with van der Waals surface area (Å²) in [7, 11) is 0. The van der Waals surface area contributed by atoms with Gasteiger partial charge in [0.15, 0.2) is 0 Å². The minimum absolute atomic E-state index is 0.0318. The Morgan fingerprint density at radius 1 is 1.30 bits per heavy atom. The fourth-order valence-electron chi connectivity index (χ4n) is 3.15. The second kappa shape index (κ2) is 6.41. The van der Waals surface area contributed by atoms with Gasteiger partial charge in [-0.05, 0) is 54.5 Å². The molecule has 0 aliphatic heterocycles. The fourth-order valence-corrected chi connectivity index (χ4v) is 3.15. The van der Waals surface area contributed by atoms with E-state index in [4.69, 9.17) is 0 Å². The van der Waals surface area contributed by atoms with Crippen molar-refractivity contribution in [3.05, 3.63) is 53.3 Å². The lowest BCUT2D eigenvalue weighted by atomic mass is 9.82. The molecule has 4 heteroatoms. The zero-order chi connectivity index (χ0) is 16.4. The molecule has 0 bridgehead atoms. The van der Waals surface area contributed by atoms with Crippen LogP contribution in [0.2, 0.25) is 0 Å². The summed E-state index contributed by atoms with van der Waals surface area (Å²) in [4.78, 5) is 17.0. The van der Waals surface area contributed by atoms with Gasteiger partial charge in [0, 0.05) is 5.69 Å². The highest BCUT2D eigenvalue weighted by Crippen LogP contribution is 2.36. The highest BCUT2D eigenvalue weighted by molar-refractivity contribution is 5.96. The van der Waals surface area contributed by atoms with Gasteiger partial charge in [-0.3, -0.25) is 9.78 Å². The summed E-state index contributed by atoms with van der Waals surface area (Å²) in [6.45, 7) is 4.18. The zero-order valence-electron chi connectivity index (χ0n) is 13.5. The molecule has 2 N–H and O–H groups in total. The number of amides is 1. The monoisotopic (exact) mass is 310 g/mol. The number of phenols is 1. The molecule has 2 aromatic rings. The van der Waals surface area contributed by atoms with E-state index in [9.17, 15) is 9.90 Å². The van der Waals surface area contributed by atoms with Crippen molar-refractivity contribution in [1.82, 2.24) is 4.98 Å². The van der Waals surface area contributed by atoms with E-state index in [-0.39, 0.29) is 11.8 Å². The molecule has 0 saturated heterocycles. The highest BCUT2D eigenvalue weighted by atomic mass is 16.3. The summed E-state index contributed by atoms with van der Waals surface area (Å²) in [6.07, 6.45) is 4.25. The molecule has 0 fully saturated rings. The SMILES string of the molecule is CC(C)c1ccc(NC(=O)C2CCCc3c(O)cccc32)cn1. The minimum Gasteiger partial charge on any atom is -0.508 e. The quantitative estimate of drug-likeness (QED) is 0.901. The lowest BCUT2D eigenvalue weighted by molar-refractivity contribution is -0.117. The number of carbonyl (C=O) groups excluding carboxylic acids is 1. The maximum Gasteiger partial charge on any atom is 0.231 e. The second-order valence-corrected chi connectivity index (χ2v) is 6.41. The summed E-state index contributed by atoms with van der Waals surface area (Å²) >= 11 is 0. The van der Waals surface area contributed by atoms with Gasteiger partial charge in [0.25, 0.3) is 0 Å². The van der Waals surface area contributed by atoms with Crippen LogP contribution < -0.4 is 5.32 Å². The molecule has 1 heterocycles. The van der Waals surface area contributed by atoms with Crippen LogP contribution in [-0.2, 0) is 11.2 Å². The van der Waals surface area contributed by atoms with Crippen LogP contribution in [0.15, 0.2) is 36.5 Å². The van der Waals surface area contributed by atoms with Crippen LogP contribution in [0.5, 0.6) is 5.75 Å². The summed E-state index contributed by atoms with van der Waals surface area (Å²) < 4.78 is 0. The predicted molar refractivity (Wildman–Crippen MR) is 90.7 cm³/mol.